The third-order valence-electron chi connectivity index (χ3n) is 4.08. The fraction of sp³-hybridized carbons (Fsp3) is 0.529. The summed E-state index contributed by atoms with van der Waals surface area (Å²) in [4.78, 5) is 23.4. The van der Waals surface area contributed by atoms with E-state index >= 15 is 0 Å². The molecule has 0 spiro atoms. The molecule has 0 radical (unpaired) electrons. The van der Waals surface area contributed by atoms with E-state index in [9.17, 15) is 27.9 Å². The first-order chi connectivity index (χ1) is 11.3. The van der Waals surface area contributed by atoms with Crippen molar-refractivity contribution >= 4 is 12.1 Å². The molecule has 0 bridgehead atoms. The van der Waals surface area contributed by atoms with Crippen LogP contribution < -0.4 is 5.32 Å². The molecule has 2 rings (SSSR count). The molecule has 138 valence electrons. The number of benzene rings is 1. The van der Waals surface area contributed by atoms with Crippen LogP contribution in [0.3, 0.4) is 0 Å². The summed E-state index contributed by atoms with van der Waals surface area (Å²) < 4.78 is 43.0. The fourth-order valence-electron chi connectivity index (χ4n) is 2.87. The maximum absolute atomic E-state index is 12.6. The first-order valence-corrected chi connectivity index (χ1v) is 7.74. The third kappa shape index (κ3) is 4.24. The van der Waals surface area contributed by atoms with Gasteiger partial charge in [0.15, 0.2) is 0 Å². The average molecular weight is 359 g/mol. The summed E-state index contributed by atoms with van der Waals surface area (Å²) in [6.45, 7) is 5.12. The van der Waals surface area contributed by atoms with E-state index in [1.807, 2.05) is 0 Å². The van der Waals surface area contributed by atoms with Crippen LogP contribution in [0, 0.1) is 0 Å². The molecule has 0 aromatic heterocycles. The second kappa shape index (κ2) is 6.24. The average Bonchev–Trinajstić information content (AvgIpc) is 2.39. The summed E-state index contributed by atoms with van der Waals surface area (Å²) in [5.74, 6) is -1.13. The smallest absolute Gasteiger partial charge is 0.416 e. The van der Waals surface area contributed by atoms with Crippen molar-refractivity contribution in [1.82, 2.24) is 5.32 Å². The van der Waals surface area contributed by atoms with E-state index in [1.54, 1.807) is 20.8 Å². The van der Waals surface area contributed by atoms with Crippen LogP contribution in [0.4, 0.5) is 18.0 Å². The number of hydrogen-bond donors (Lipinski definition) is 2. The van der Waals surface area contributed by atoms with Gasteiger partial charge in [0.2, 0.25) is 0 Å². The van der Waals surface area contributed by atoms with Gasteiger partial charge in [0, 0.05) is 6.04 Å². The van der Waals surface area contributed by atoms with Crippen LogP contribution in [0.25, 0.3) is 0 Å². The molecule has 0 heterocycles. The largest absolute Gasteiger partial charge is 0.481 e. The number of carbonyl (C=O) groups excluding carboxylic acids is 1. The van der Waals surface area contributed by atoms with Crippen LogP contribution in [0.2, 0.25) is 0 Å². The minimum Gasteiger partial charge on any atom is -0.481 e. The van der Waals surface area contributed by atoms with E-state index in [0.29, 0.717) is 0 Å². The molecule has 1 saturated carbocycles. The van der Waals surface area contributed by atoms with Crippen molar-refractivity contribution in [2.45, 2.75) is 56.8 Å². The van der Waals surface area contributed by atoms with Crippen LogP contribution in [-0.4, -0.2) is 28.8 Å². The number of aliphatic carboxylic acids is 1. The fourth-order valence-corrected chi connectivity index (χ4v) is 2.87. The highest BCUT2D eigenvalue weighted by Gasteiger charge is 2.52. The molecule has 1 aromatic rings. The number of rotatable bonds is 3. The number of hydrogen-bond acceptors (Lipinski definition) is 3. The van der Waals surface area contributed by atoms with Crippen molar-refractivity contribution in [1.29, 1.82) is 0 Å². The molecule has 0 unspecified atom stereocenters. The zero-order chi connectivity index (χ0) is 19.0. The molecule has 8 heteroatoms. The normalized spacial score (nSPS) is 23.5. The maximum atomic E-state index is 12.6. The van der Waals surface area contributed by atoms with Crippen LogP contribution in [0.1, 0.15) is 44.7 Å². The number of carbonyl (C=O) groups is 2. The Morgan fingerprint density at radius 2 is 1.68 bits per heavy atom. The SMILES string of the molecule is CC(C)(C)OC(=O)NC1CC(C(=O)O)(c2ccc(C(F)(F)F)cc2)C1. The van der Waals surface area contributed by atoms with Crippen LogP contribution in [0.15, 0.2) is 24.3 Å². The Balaban J connectivity index is 2.08. The number of carboxylic acids is 1. The molecular weight excluding hydrogens is 339 g/mol. The third-order valence-corrected chi connectivity index (χ3v) is 4.08. The number of nitrogens with one attached hydrogen (secondary N) is 1. The highest BCUT2D eigenvalue weighted by atomic mass is 19.4. The van der Waals surface area contributed by atoms with E-state index < -0.39 is 40.9 Å². The highest BCUT2D eigenvalue weighted by Crippen LogP contribution is 2.45. The van der Waals surface area contributed by atoms with Crippen LogP contribution >= 0.6 is 0 Å². The number of amides is 1. The van der Waals surface area contributed by atoms with E-state index in [2.05, 4.69) is 5.32 Å². The van der Waals surface area contributed by atoms with Crippen molar-refractivity contribution in [2.24, 2.45) is 0 Å². The quantitative estimate of drug-likeness (QED) is 0.863. The van der Waals surface area contributed by atoms with Crippen molar-refractivity contribution in [3.05, 3.63) is 35.4 Å². The van der Waals surface area contributed by atoms with Gasteiger partial charge in [-0.15, -0.1) is 0 Å². The minimum absolute atomic E-state index is 0.0902. The molecule has 0 aliphatic heterocycles. The highest BCUT2D eigenvalue weighted by molar-refractivity contribution is 5.83. The van der Waals surface area contributed by atoms with Gasteiger partial charge >= 0.3 is 18.2 Å². The number of alkyl halides is 3. The Morgan fingerprint density at radius 1 is 1.16 bits per heavy atom. The minimum atomic E-state index is -4.48. The topological polar surface area (TPSA) is 75.6 Å². The standard InChI is InChI=1S/C17H20F3NO4/c1-15(2,3)25-14(24)21-12-8-16(9-12,13(22)23)10-4-6-11(7-5-10)17(18,19)20/h4-7,12H,8-9H2,1-3H3,(H,21,24)(H,22,23). The molecule has 0 saturated heterocycles. The summed E-state index contributed by atoms with van der Waals surface area (Å²) in [7, 11) is 0. The Bertz CT molecular complexity index is 656. The second-order valence-electron chi connectivity index (χ2n) is 7.21. The maximum Gasteiger partial charge on any atom is 0.416 e. The molecule has 25 heavy (non-hydrogen) atoms. The summed E-state index contributed by atoms with van der Waals surface area (Å²) in [5.41, 5.74) is -2.52. The molecule has 5 nitrogen and oxygen atoms in total. The van der Waals surface area contributed by atoms with Crippen molar-refractivity contribution in [3.8, 4) is 0 Å². The lowest BCUT2D eigenvalue weighted by Gasteiger charge is -2.45. The lowest BCUT2D eigenvalue weighted by atomic mass is 9.61. The number of carboxylic acid groups (broad SMARTS) is 1. The Labute approximate surface area is 143 Å². The summed E-state index contributed by atoms with van der Waals surface area (Å²) >= 11 is 0. The molecular formula is C17H20F3NO4. The molecule has 2 N–H and O–H groups in total. The van der Waals surface area contributed by atoms with Gasteiger partial charge in [0.1, 0.15) is 5.60 Å². The predicted octanol–water partition coefficient (Wildman–Crippen LogP) is 3.71. The lowest BCUT2D eigenvalue weighted by molar-refractivity contribution is -0.148. The van der Waals surface area contributed by atoms with Crippen molar-refractivity contribution in [2.75, 3.05) is 0 Å². The second-order valence-corrected chi connectivity index (χ2v) is 7.21. The molecule has 1 aliphatic carbocycles. The van der Waals surface area contributed by atoms with Crippen molar-refractivity contribution < 1.29 is 32.6 Å². The van der Waals surface area contributed by atoms with Gasteiger partial charge in [-0.05, 0) is 51.3 Å². The van der Waals surface area contributed by atoms with Gasteiger partial charge in [-0.25, -0.2) is 4.79 Å². The first-order valence-electron chi connectivity index (χ1n) is 7.74. The Hall–Kier alpha value is -2.25. The van der Waals surface area contributed by atoms with Gasteiger partial charge < -0.3 is 15.2 Å². The lowest BCUT2D eigenvalue weighted by Crippen LogP contribution is -2.57. The van der Waals surface area contributed by atoms with E-state index in [-0.39, 0.29) is 18.4 Å². The predicted molar refractivity (Wildman–Crippen MR) is 83.1 cm³/mol. The molecule has 1 aliphatic rings. The molecule has 1 aromatic carbocycles. The van der Waals surface area contributed by atoms with Gasteiger partial charge in [-0.2, -0.15) is 13.2 Å². The van der Waals surface area contributed by atoms with Crippen LogP contribution in [-0.2, 0) is 21.1 Å². The van der Waals surface area contributed by atoms with Gasteiger partial charge in [-0.1, -0.05) is 12.1 Å². The number of ether oxygens (including phenoxy) is 1. The Kier molecular flexibility index (Phi) is 4.76. The zero-order valence-corrected chi connectivity index (χ0v) is 14.1. The van der Waals surface area contributed by atoms with E-state index in [1.165, 1.54) is 12.1 Å². The van der Waals surface area contributed by atoms with Gasteiger partial charge in [-0.3, -0.25) is 4.79 Å². The van der Waals surface area contributed by atoms with Crippen LogP contribution in [0.5, 0.6) is 0 Å². The summed E-state index contributed by atoms with van der Waals surface area (Å²) in [6, 6.07) is 3.69. The number of alkyl carbamates (subject to hydrolysis) is 1. The van der Waals surface area contributed by atoms with Crippen molar-refractivity contribution in [3.63, 3.8) is 0 Å². The summed E-state index contributed by atoms with van der Waals surface area (Å²) in [5, 5.41) is 12.1. The molecule has 1 amide bonds. The van der Waals surface area contributed by atoms with E-state index in [0.717, 1.165) is 12.1 Å². The van der Waals surface area contributed by atoms with Gasteiger partial charge in [0.25, 0.3) is 0 Å². The zero-order valence-electron chi connectivity index (χ0n) is 14.1. The van der Waals surface area contributed by atoms with Gasteiger partial charge in [0.05, 0.1) is 11.0 Å². The molecule has 1 fully saturated rings. The first kappa shape index (κ1) is 19.1. The van der Waals surface area contributed by atoms with E-state index in [4.69, 9.17) is 4.74 Å². The molecule has 0 atom stereocenters. The monoisotopic (exact) mass is 359 g/mol. The summed E-state index contributed by atoms with van der Waals surface area (Å²) in [6.07, 6.45) is -4.95. The number of halogens is 3. The Morgan fingerprint density at radius 3 is 2.08 bits per heavy atom.